The van der Waals surface area contributed by atoms with Crippen LogP contribution in [0.1, 0.15) is 65.2 Å². The van der Waals surface area contributed by atoms with E-state index in [1.54, 1.807) is 0 Å². The Kier molecular flexibility index (Phi) is 4.55. The largest absolute Gasteiger partial charge is 0.332 e. The van der Waals surface area contributed by atoms with E-state index < -0.39 is 0 Å². The van der Waals surface area contributed by atoms with Crippen molar-refractivity contribution in [2.75, 3.05) is 13.1 Å². The highest BCUT2D eigenvalue weighted by Gasteiger charge is 2.51. The molecule has 5 nitrogen and oxygen atoms in total. The second kappa shape index (κ2) is 6.57. The van der Waals surface area contributed by atoms with Crippen molar-refractivity contribution in [1.82, 2.24) is 15.5 Å². The number of urea groups is 1. The van der Waals surface area contributed by atoms with Gasteiger partial charge < -0.3 is 5.32 Å². The lowest BCUT2D eigenvalue weighted by atomic mass is 9.53. The minimum atomic E-state index is -0.274. The van der Waals surface area contributed by atoms with Gasteiger partial charge in [0.1, 0.15) is 0 Å². The number of hydrogen-bond acceptors (Lipinski definition) is 3. The molecule has 2 N–H and O–H groups in total. The Balaban J connectivity index is 1.32. The summed E-state index contributed by atoms with van der Waals surface area (Å²) in [5.41, 5.74) is -0.0397. The molecule has 5 fully saturated rings. The number of carbonyl (C=O) groups is 2. The first kappa shape index (κ1) is 17.3. The van der Waals surface area contributed by atoms with Gasteiger partial charge in [0.25, 0.3) is 0 Å². The van der Waals surface area contributed by atoms with Crippen LogP contribution in [0.5, 0.6) is 0 Å². The van der Waals surface area contributed by atoms with E-state index in [0.717, 1.165) is 56.5 Å². The van der Waals surface area contributed by atoms with Gasteiger partial charge in [-0.1, -0.05) is 6.92 Å². The third-order valence-electron chi connectivity index (χ3n) is 7.27. The molecule has 1 aliphatic heterocycles. The first-order valence-corrected chi connectivity index (χ1v) is 10.3. The summed E-state index contributed by atoms with van der Waals surface area (Å²) in [6.07, 6.45) is 9.76. The van der Waals surface area contributed by atoms with Crippen molar-refractivity contribution >= 4 is 11.9 Å². The third kappa shape index (κ3) is 3.57. The molecule has 0 spiro atoms. The van der Waals surface area contributed by atoms with E-state index in [4.69, 9.17) is 0 Å². The average molecular weight is 348 g/mol. The van der Waals surface area contributed by atoms with Gasteiger partial charge in [-0.2, -0.15) is 0 Å². The second-order valence-electron chi connectivity index (χ2n) is 9.56. The normalized spacial score (nSPS) is 41.4. The minimum Gasteiger partial charge on any atom is -0.332 e. The lowest BCUT2D eigenvalue weighted by Gasteiger charge is -2.56. The summed E-state index contributed by atoms with van der Waals surface area (Å²) in [6.45, 7) is 6.06. The van der Waals surface area contributed by atoms with E-state index in [2.05, 4.69) is 22.5 Å². The van der Waals surface area contributed by atoms with Gasteiger partial charge in [-0.25, -0.2) is 4.79 Å². The number of carbonyl (C=O) groups excluding carboxylic acids is 2. The van der Waals surface area contributed by atoms with Gasteiger partial charge in [-0.05, 0) is 88.5 Å². The lowest BCUT2D eigenvalue weighted by Crippen LogP contribution is -2.62. The SMILES string of the molecule is C[C@@H]1CCCN([C@H](C)C(=O)NC(=O)NC23CC4CC(CC(C4)C2)C3)C1. The number of imide groups is 1. The maximum Gasteiger partial charge on any atom is 0.321 e. The molecule has 0 aromatic carbocycles. The fraction of sp³-hybridized carbons (Fsp3) is 0.900. The fourth-order valence-corrected chi connectivity index (χ4v) is 6.50. The number of nitrogens with zero attached hydrogens (tertiary/aromatic N) is 1. The Morgan fingerprint density at radius 3 is 2.24 bits per heavy atom. The molecule has 25 heavy (non-hydrogen) atoms. The second-order valence-corrected chi connectivity index (χ2v) is 9.56. The smallest absolute Gasteiger partial charge is 0.321 e. The summed E-state index contributed by atoms with van der Waals surface area (Å²) < 4.78 is 0. The molecule has 3 amide bonds. The molecule has 2 atom stereocenters. The molecule has 0 aromatic heterocycles. The van der Waals surface area contributed by atoms with Crippen molar-refractivity contribution in [2.45, 2.75) is 76.8 Å². The van der Waals surface area contributed by atoms with Crippen molar-refractivity contribution < 1.29 is 9.59 Å². The van der Waals surface area contributed by atoms with Crippen LogP contribution in [0, 0.1) is 23.7 Å². The molecular weight excluding hydrogens is 314 g/mol. The van der Waals surface area contributed by atoms with E-state index in [-0.39, 0.29) is 23.5 Å². The van der Waals surface area contributed by atoms with Crippen LogP contribution in [0.3, 0.4) is 0 Å². The van der Waals surface area contributed by atoms with Crippen LogP contribution < -0.4 is 10.6 Å². The lowest BCUT2D eigenvalue weighted by molar-refractivity contribution is -0.125. The average Bonchev–Trinajstić information content (AvgIpc) is 2.52. The number of amides is 3. The molecule has 5 heteroatoms. The Morgan fingerprint density at radius 2 is 1.68 bits per heavy atom. The van der Waals surface area contributed by atoms with Crippen molar-refractivity contribution in [3.05, 3.63) is 0 Å². The Labute approximate surface area is 151 Å². The maximum atomic E-state index is 12.5. The van der Waals surface area contributed by atoms with E-state index in [1.807, 2.05) is 6.92 Å². The minimum absolute atomic E-state index is 0.0397. The van der Waals surface area contributed by atoms with E-state index >= 15 is 0 Å². The molecule has 5 rings (SSSR count). The van der Waals surface area contributed by atoms with Crippen LogP contribution in [0.2, 0.25) is 0 Å². The Hall–Kier alpha value is -1.10. The zero-order valence-corrected chi connectivity index (χ0v) is 15.7. The summed E-state index contributed by atoms with van der Waals surface area (Å²) in [7, 11) is 0. The quantitative estimate of drug-likeness (QED) is 0.825. The first-order valence-electron chi connectivity index (χ1n) is 10.3. The monoisotopic (exact) mass is 347 g/mol. The van der Waals surface area contributed by atoms with Gasteiger partial charge >= 0.3 is 6.03 Å². The maximum absolute atomic E-state index is 12.5. The van der Waals surface area contributed by atoms with Crippen LogP contribution in [0.4, 0.5) is 4.79 Å². The number of rotatable bonds is 3. The topological polar surface area (TPSA) is 61.4 Å². The summed E-state index contributed by atoms with van der Waals surface area (Å²) in [5.74, 6) is 2.84. The van der Waals surface area contributed by atoms with Crippen molar-refractivity contribution in [3.63, 3.8) is 0 Å². The van der Waals surface area contributed by atoms with Crippen molar-refractivity contribution in [2.24, 2.45) is 23.7 Å². The number of nitrogens with one attached hydrogen (secondary N) is 2. The zero-order valence-electron chi connectivity index (χ0n) is 15.7. The predicted octanol–water partition coefficient (Wildman–Crippen LogP) is 2.90. The highest BCUT2D eigenvalue weighted by molar-refractivity contribution is 5.97. The first-order chi connectivity index (χ1) is 11.9. The van der Waals surface area contributed by atoms with Crippen LogP contribution in [0.25, 0.3) is 0 Å². The predicted molar refractivity (Wildman–Crippen MR) is 97.0 cm³/mol. The van der Waals surface area contributed by atoms with Gasteiger partial charge in [-0.15, -0.1) is 0 Å². The molecule has 0 radical (unpaired) electrons. The molecule has 5 aliphatic rings. The van der Waals surface area contributed by atoms with Gasteiger partial charge in [0.15, 0.2) is 0 Å². The van der Waals surface area contributed by atoms with Gasteiger partial charge in [0.2, 0.25) is 5.91 Å². The van der Waals surface area contributed by atoms with Gasteiger partial charge in [0, 0.05) is 12.1 Å². The summed E-state index contributed by atoms with van der Waals surface area (Å²) in [5, 5.41) is 5.87. The molecule has 4 saturated carbocycles. The third-order valence-corrected chi connectivity index (χ3v) is 7.27. The Morgan fingerprint density at radius 1 is 1.08 bits per heavy atom. The molecule has 1 saturated heterocycles. The highest BCUT2D eigenvalue weighted by Crippen LogP contribution is 2.55. The summed E-state index contributed by atoms with van der Waals surface area (Å²) >= 11 is 0. The molecule has 4 bridgehead atoms. The number of hydrogen-bond donors (Lipinski definition) is 2. The molecule has 0 unspecified atom stereocenters. The van der Waals surface area contributed by atoms with Crippen LogP contribution in [0.15, 0.2) is 0 Å². The van der Waals surface area contributed by atoms with Gasteiger partial charge in [0.05, 0.1) is 6.04 Å². The summed E-state index contributed by atoms with van der Waals surface area (Å²) in [6, 6.07) is -0.506. The van der Waals surface area contributed by atoms with E-state index in [0.29, 0.717) is 5.92 Å². The molecule has 0 aromatic rings. The number of likely N-dealkylation sites (tertiary alicyclic amines) is 1. The summed E-state index contributed by atoms with van der Waals surface area (Å²) in [4.78, 5) is 27.3. The van der Waals surface area contributed by atoms with Crippen molar-refractivity contribution in [3.8, 4) is 0 Å². The highest BCUT2D eigenvalue weighted by atomic mass is 16.2. The van der Waals surface area contributed by atoms with E-state index in [1.165, 1.54) is 25.7 Å². The van der Waals surface area contributed by atoms with Crippen LogP contribution in [-0.2, 0) is 4.79 Å². The standard InChI is InChI=1S/C20H33N3O2/c1-13-4-3-5-23(12-13)14(2)18(24)21-19(25)22-20-9-15-6-16(10-20)8-17(7-15)11-20/h13-17H,3-12H2,1-2H3,(H2,21,22,24,25)/t13-,14-,15?,16?,17?,20?/m1/s1. The number of piperidine rings is 1. The van der Waals surface area contributed by atoms with Crippen LogP contribution in [-0.4, -0.2) is 41.5 Å². The molecular formula is C20H33N3O2. The Bertz CT molecular complexity index is 512. The van der Waals surface area contributed by atoms with Crippen molar-refractivity contribution in [1.29, 1.82) is 0 Å². The van der Waals surface area contributed by atoms with E-state index in [9.17, 15) is 9.59 Å². The molecule has 4 aliphatic carbocycles. The zero-order chi connectivity index (χ0) is 17.6. The molecule has 1 heterocycles. The fourth-order valence-electron chi connectivity index (χ4n) is 6.50. The van der Waals surface area contributed by atoms with Crippen LogP contribution >= 0.6 is 0 Å². The molecule has 140 valence electrons. The van der Waals surface area contributed by atoms with Gasteiger partial charge in [-0.3, -0.25) is 15.0 Å².